The highest BCUT2D eigenvalue weighted by Gasteiger charge is 2.31. The molecule has 2 rings (SSSR count). The molecule has 0 aromatic heterocycles. The van der Waals surface area contributed by atoms with Crippen LogP contribution in [0, 0.1) is 18.3 Å². The quantitative estimate of drug-likeness (QED) is 0.834. The van der Waals surface area contributed by atoms with Crippen molar-refractivity contribution in [3.05, 3.63) is 28.2 Å². The number of likely N-dealkylation sites (N-methyl/N-ethyl adjacent to an activating group) is 1. The molecule has 106 valence electrons. The predicted molar refractivity (Wildman–Crippen MR) is 82.5 cm³/mol. The molecular formula is C15H18BrN3O. The first-order valence-electron chi connectivity index (χ1n) is 6.69. The Morgan fingerprint density at radius 2 is 2.20 bits per heavy atom. The Hall–Kier alpha value is -1.38. The number of benzene rings is 1. The maximum atomic E-state index is 12.7. The number of amides is 1. The molecule has 1 fully saturated rings. The number of nitriles is 1. The van der Waals surface area contributed by atoms with Crippen LogP contribution < -0.4 is 4.90 Å². The van der Waals surface area contributed by atoms with Gasteiger partial charge in [-0.15, -0.1) is 0 Å². The highest BCUT2D eigenvalue weighted by atomic mass is 79.9. The van der Waals surface area contributed by atoms with Gasteiger partial charge in [-0.2, -0.15) is 5.26 Å². The smallest absolute Gasteiger partial charge is 0.245 e. The molecule has 1 atom stereocenters. The number of anilines is 1. The lowest BCUT2D eigenvalue weighted by molar-refractivity contribution is -0.122. The molecule has 20 heavy (non-hydrogen) atoms. The lowest BCUT2D eigenvalue weighted by Crippen LogP contribution is -2.44. The van der Waals surface area contributed by atoms with Gasteiger partial charge in [0.1, 0.15) is 6.04 Å². The first kappa shape index (κ1) is 15.0. The molecule has 0 aliphatic carbocycles. The summed E-state index contributed by atoms with van der Waals surface area (Å²) in [5.41, 5.74) is 2.01. The Balaban J connectivity index is 2.32. The summed E-state index contributed by atoms with van der Waals surface area (Å²) in [7, 11) is 1.91. The second kappa shape index (κ2) is 6.38. The Morgan fingerprint density at radius 1 is 1.45 bits per heavy atom. The van der Waals surface area contributed by atoms with Crippen LogP contribution in [-0.4, -0.2) is 37.0 Å². The third kappa shape index (κ3) is 3.02. The molecular weight excluding hydrogens is 318 g/mol. The molecule has 1 aromatic carbocycles. The largest absolute Gasteiger partial charge is 0.311 e. The number of carbonyl (C=O) groups excluding carboxylic acids is 1. The number of hydrogen-bond donors (Lipinski definition) is 0. The van der Waals surface area contributed by atoms with E-state index < -0.39 is 0 Å². The molecule has 5 heteroatoms. The fourth-order valence-corrected chi connectivity index (χ4v) is 2.74. The van der Waals surface area contributed by atoms with Gasteiger partial charge in [-0.05, 0) is 44.2 Å². The molecule has 1 aromatic rings. The normalized spacial score (nSPS) is 20.6. The number of halogens is 1. The highest BCUT2D eigenvalue weighted by molar-refractivity contribution is 9.10. The molecule has 0 spiro atoms. The summed E-state index contributed by atoms with van der Waals surface area (Å²) in [6.45, 7) is 3.55. The first-order chi connectivity index (χ1) is 9.54. The summed E-state index contributed by atoms with van der Waals surface area (Å²) in [6, 6.07) is 7.70. The summed E-state index contributed by atoms with van der Waals surface area (Å²) >= 11 is 3.48. The van der Waals surface area contributed by atoms with E-state index in [-0.39, 0.29) is 18.4 Å². The predicted octanol–water partition coefficient (Wildman–Crippen LogP) is 2.71. The average molecular weight is 336 g/mol. The van der Waals surface area contributed by atoms with Crippen LogP contribution in [-0.2, 0) is 4.79 Å². The van der Waals surface area contributed by atoms with Gasteiger partial charge in [0.15, 0.2) is 0 Å². The van der Waals surface area contributed by atoms with Gasteiger partial charge in [-0.3, -0.25) is 9.69 Å². The van der Waals surface area contributed by atoms with Crippen molar-refractivity contribution in [3.63, 3.8) is 0 Å². The van der Waals surface area contributed by atoms with Gasteiger partial charge in [0.25, 0.3) is 0 Å². The zero-order valence-electron chi connectivity index (χ0n) is 11.8. The van der Waals surface area contributed by atoms with E-state index in [0.29, 0.717) is 6.54 Å². The van der Waals surface area contributed by atoms with Gasteiger partial charge in [0.2, 0.25) is 5.91 Å². The van der Waals surface area contributed by atoms with E-state index in [2.05, 4.69) is 22.0 Å². The minimum Gasteiger partial charge on any atom is -0.311 e. The van der Waals surface area contributed by atoms with Gasteiger partial charge < -0.3 is 4.90 Å². The summed E-state index contributed by atoms with van der Waals surface area (Å²) in [4.78, 5) is 16.5. The van der Waals surface area contributed by atoms with Crippen LogP contribution in [0.3, 0.4) is 0 Å². The monoisotopic (exact) mass is 335 g/mol. The van der Waals surface area contributed by atoms with Crippen LogP contribution in [0.15, 0.2) is 22.7 Å². The number of aryl methyl sites for hydroxylation is 1. The first-order valence-corrected chi connectivity index (χ1v) is 7.48. The van der Waals surface area contributed by atoms with E-state index >= 15 is 0 Å². The molecule has 1 saturated heterocycles. The lowest BCUT2D eigenvalue weighted by atomic mass is 10.1. The number of carbonyl (C=O) groups is 1. The fourth-order valence-electron chi connectivity index (χ4n) is 2.50. The molecule has 0 bridgehead atoms. The fraction of sp³-hybridized carbons (Fsp3) is 0.467. The zero-order chi connectivity index (χ0) is 14.7. The van der Waals surface area contributed by atoms with Crippen molar-refractivity contribution < 1.29 is 4.79 Å². The van der Waals surface area contributed by atoms with E-state index in [1.165, 1.54) is 0 Å². The van der Waals surface area contributed by atoms with Gasteiger partial charge in [0, 0.05) is 23.2 Å². The summed E-state index contributed by atoms with van der Waals surface area (Å²) in [5, 5.41) is 8.93. The Morgan fingerprint density at radius 3 is 2.85 bits per heavy atom. The molecule has 1 aliphatic heterocycles. The number of nitrogens with zero attached hydrogens (tertiary/aromatic N) is 3. The third-order valence-corrected chi connectivity index (χ3v) is 4.60. The van der Waals surface area contributed by atoms with Crippen LogP contribution >= 0.6 is 15.9 Å². The second-order valence-corrected chi connectivity index (χ2v) is 5.99. The van der Waals surface area contributed by atoms with Crippen molar-refractivity contribution in [3.8, 4) is 6.07 Å². The second-order valence-electron chi connectivity index (χ2n) is 5.14. The minimum atomic E-state index is -0.341. The SMILES string of the molecule is Cc1cc(N2CCCN(C)C(CC#N)C2=O)ccc1Br. The van der Waals surface area contributed by atoms with Crippen molar-refractivity contribution in [1.82, 2.24) is 4.90 Å². The van der Waals surface area contributed by atoms with Gasteiger partial charge in [-0.25, -0.2) is 0 Å². The van der Waals surface area contributed by atoms with Crippen molar-refractivity contribution >= 4 is 27.5 Å². The summed E-state index contributed by atoms with van der Waals surface area (Å²) in [5.74, 6) is 0.0215. The van der Waals surface area contributed by atoms with Crippen LogP contribution in [0.1, 0.15) is 18.4 Å². The number of hydrogen-bond acceptors (Lipinski definition) is 3. The van der Waals surface area contributed by atoms with E-state index in [1.807, 2.05) is 42.0 Å². The molecule has 1 amide bonds. The zero-order valence-corrected chi connectivity index (χ0v) is 13.4. The maximum Gasteiger partial charge on any atom is 0.245 e. The molecule has 0 saturated carbocycles. The standard InChI is InChI=1S/C15H18BrN3O/c1-11-10-12(4-5-13(11)16)19-9-3-8-18(2)14(6-7-17)15(19)20/h4-5,10,14H,3,6,8-9H2,1-2H3. The minimum absolute atomic E-state index is 0.0215. The molecule has 1 heterocycles. The van der Waals surface area contributed by atoms with Crippen LogP contribution in [0.2, 0.25) is 0 Å². The molecule has 1 unspecified atom stereocenters. The molecule has 4 nitrogen and oxygen atoms in total. The summed E-state index contributed by atoms with van der Waals surface area (Å²) < 4.78 is 1.04. The number of rotatable bonds is 2. The third-order valence-electron chi connectivity index (χ3n) is 3.71. The van der Waals surface area contributed by atoms with Crippen molar-refractivity contribution in [1.29, 1.82) is 5.26 Å². The van der Waals surface area contributed by atoms with E-state index in [1.54, 1.807) is 0 Å². The average Bonchev–Trinajstić information content (AvgIpc) is 2.55. The highest BCUT2D eigenvalue weighted by Crippen LogP contribution is 2.25. The molecule has 0 radical (unpaired) electrons. The summed E-state index contributed by atoms with van der Waals surface area (Å²) in [6.07, 6.45) is 1.15. The topological polar surface area (TPSA) is 47.3 Å². The van der Waals surface area contributed by atoms with E-state index in [0.717, 1.165) is 28.7 Å². The van der Waals surface area contributed by atoms with Crippen molar-refractivity contribution in [2.24, 2.45) is 0 Å². The van der Waals surface area contributed by atoms with Gasteiger partial charge in [0.05, 0.1) is 12.5 Å². The van der Waals surface area contributed by atoms with Crippen LogP contribution in [0.25, 0.3) is 0 Å². The Kier molecular flexibility index (Phi) is 4.79. The van der Waals surface area contributed by atoms with Gasteiger partial charge in [-0.1, -0.05) is 15.9 Å². The molecule has 0 N–H and O–H groups in total. The van der Waals surface area contributed by atoms with E-state index in [4.69, 9.17) is 5.26 Å². The maximum absolute atomic E-state index is 12.7. The van der Waals surface area contributed by atoms with Crippen LogP contribution in [0.4, 0.5) is 5.69 Å². The van der Waals surface area contributed by atoms with Crippen molar-refractivity contribution in [2.75, 3.05) is 25.0 Å². The Labute approximate surface area is 128 Å². The van der Waals surface area contributed by atoms with E-state index in [9.17, 15) is 4.79 Å². The van der Waals surface area contributed by atoms with Crippen molar-refractivity contribution in [2.45, 2.75) is 25.8 Å². The Bertz CT molecular complexity index is 553. The lowest BCUT2D eigenvalue weighted by Gasteiger charge is -2.26. The van der Waals surface area contributed by atoms with Gasteiger partial charge >= 0.3 is 0 Å². The molecule has 1 aliphatic rings. The van der Waals surface area contributed by atoms with Crippen LogP contribution in [0.5, 0.6) is 0 Å².